The van der Waals surface area contributed by atoms with Crippen LogP contribution in [0, 0.1) is 11.8 Å². The summed E-state index contributed by atoms with van der Waals surface area (Å²) in [7, 11) is 0. The smallest absolute Gasteiger partial charge is 0.253 e. The molecule has 3 N–H and O–H groups in total. The molecule has 7 rings (SSSR count). The fraction of sp³-hybridized carbons (Fsp3) is 0.395. The van der Waals surface area contributed by atoms with Crippen LogP contribution in [-0.4, -0.2) is 77.1 Å². The highest BCUT2D eigenvalue weighted by atomic mass is 16.2. The van der Waals surface area contributed by atoms with Crippen molar-refractivity contribution in [3.8, 4) is 0 Å². The number of nitrogens with one attached hydrogen (secondary N) is 3. The summed E-state index contributed by atoms with van der Waals surface area (Å²) in [6.07, 6.45) is 1.98. The van der Waals surface area contributed by atoms with Crippen LogP contribution >= 0.6 is 0 Å². The van der Waals surface area contributed by atoms with Gasteiger partial charge in [0, 0.05) is 69.0 Å². The van der Waals surface area contributed by atoms with Gasteiger partial charge in [-0.05, 0) is 41.7 Å². The van der Waals surface area contributed by atoms with Crippen LogP contribution in [0.1, 0.15) is 65.1 Å². The van der Waals surface area contributed by atoms with Crippen LogP contribution in [0.15, 0.2) is 84.9 Å². The third-order valence-corrected chi connectivity index (χ3v) is 10.2. The molecule has 248 valence electrons. The molecule has 10 nitrogen and oxygen atoms in total. The Balaban J connectivity index is 1.01. The Kier molecular flexibility index (Phi) is 8.73. The summed E-state index contributed by atoms with van der Waals surface area (Å²) >= 11 is 0. The monoisotopic (exact) mass is 647 g/mol. The van der Waals surface area contributed by atoms with Crippen molar-refractivity contribution in [1.29, 1.82) is 0 Å². The van der Waals surface area contributed by atoms with Gasteiger partial charge in [-0.1, -0.05) is 72.8 Å². The topological polar surface area (TPSA) is 128 Å². The van der Waals surface area contributed by atoms with Crippen molar-refractivity contribution in [1.82, 2.24) is 25.8 Å². The van der Waals surface area contributed by atoms with Crippen LogP contribution in [0.25, 0.3) is 0 Å². The molecule has 10 heteroatoms. The standard InChI is InChI=1S/C38H41N5O5/c1-23(44)39-28-16-35(45)42(20-28)19-24-12-14-27(15-13-24)38(48)43-21-31(36(46)40-33-17-29(33)25-8-4-2-5-9-25)32(22-43)37(47)41-34-18-30(34)26-10-6-3-7-11-26/h2-15,28-34H,16-22H2,1H3,(H,39,44)(H,40,46)(H,41,47)/t28?,29-,30-,31-,32-,33+,34+/m1/s1. The van der Waals surface area contributed by atoms with Crippen molar-refractivity contribution in [3.05, 3.63) is 107 Å². The van der Waals surface area contributed by atoms with Gasteiger partial charge in [0.1, 0.15) is 0 Å². The Morgan fingerprint density at radius 2 is 1.21 bits per heavy atom. The van der Waals surface area contributed by atoms with Crippen LogP contribution in [0.5, 0.6) is 0 Å². The lowest BCUT2D eigenvalue weighted by atomic mass is 9.94. The second kappa shape index (κ2) is 13.3. The van der Waals surface area contributed by atoms with Gasteiger partial charge in [-0.3, -0.25) is 24.0 Å². The van der Waals surface area contributed by atoms with Crippen LogP contribution in [0.3, 0.4) is 0 Å². The second-order valence-electron chi connectivity index (χ2n) is 13.7. The van der Waals surface area contributed by atoms with E-state index >= 15 is 0 Å². The number of hydrogen-bond acceptors (Lipinski definition) is 5. The Hall–Kier alpha value is -4.99. The van der Waals surface area contributed by atoms with Gasteiger partial charge in [0.05, 0.1) is 17.9 Å². The van der Waals surface area contributed by atoms with E-state index in [0.717, 1.165) is 18.4 Å². The van der Waals surface area contributed by atoms with Crippen molar-refractivity contribution in [3.63, 3.8) is 0 Å². The SMILES string of the molecule is CC(=O)NC1CC(=O)N(Cc2ccc(C(=O)N3C[C@@H](C(=O)N[C@H]4C[C@@H]4c4ccccc4)[C@H](C(=O)N[C@H]4C[C@@H]4c4ccccc4)C3)cc2)C1. The first-order chi connectivity index (χ1) is 23.2. The van der Waals surface area contributed by atoms with Gasteiger partial charge in [-0.15, -0.1) is 0 Å². The van der Waals surface area contributed by atoms with E-state index in [9.17, 15) is 24.0 Å². The number of benzene rings is 3. The van der Waals surface area contributed by atoms with E-state index in [1.165, 1.54) is 18.1 Å². The minimum atomic E-state index is -0.656. The third-order valence-electron chi connectivity index (χ3n) is 10.2. The molecule has 2 saturated carbocycles. The Labute approximate surface area is 280 Å². The Morgan fingerprint density at radius 3 is 1.71 bits per heavy atom. The number of amides is 5. The fourth-order valence-corrected chi connectivity index (χ4v) is 7.39. The van der Waals surface area contributed by atoms with Gasteiger partial charge in [0.15, 0.2) is 0 Å². The summed E-state index contributed by atoms with van der Waals surface area (Å²) in [5.74, 6) is -1.60. The molecule has 2 saturated heterocycles. The van der Waals surface area contributed by atoms with E-state index in [-0.39, 0.29) is 79.0 Å². The lowest BCUT2D eigenvalue weighted by molar-refractivity contribution is -0.133. The van der Waals surface area contributed by atoms with E-state index in [1.54, 1.807) is 21.9 Å². The first-order valence-electron chi connectivity index (χ1n) is 16.9. The molecule has 7 atom stereocenters. The molecular weight excluding hydrogens is 606 g/mol. The van der Waals surface area contributed by atoms with Gasteiger partial charge < -0.3 is 25.8 Å². The average molecular weight is 648 g/mol. The predicted octanol–water partition coefficient (Wildman–Crippen LogP) is 2.96. The molecule has 4 aliphatic rings. The first kappa shape index (κ1) is 31.6. The Morgan fingerprint density at radius 1 is 0.688 bits per heavy atom. The van der Waals surface area contributed by atoms with E-state index in [4.69, 9.17) is 0 Å². The first-order valence-corrected chi connectivity index (χ1v) is 16.9. The van der Waals surface area contributed by atoms with Crippen molar-refractivity contribution in [2.45, 2.75) is 62.7 Å². The number of nitrogens with zero attached hydrogens (tertiary/aromatic N) is 2. The molecule has 1 unspecified atom stereocenters. The highest BCUT2D eigenvalue weighted by Crippen LogP contribution is 2.42. The van der Waals surface area contributed by atoms with Crippen LogP contribution in [0.4, 0.5) is 0 Å². The van der Waals surface area contributed by atoms with Crippen LogP contribution in [-0.2, 0) is 25.7 Å². The molecule has 0 radical (unpaired) electrons. The van der Waals surface area contributed by atoms with Gasteiger partial charge >= 0.3 is 0 Å². The van der Waals surface area contributed by atoms with Crippen LogP contribution < -0.4 is 16.0 Å². The molecule has 48 heavy (non-hydrogen) atoms. The highest BCUT2D eigenvalue weighted by molar-refractivity contribution is 5.97. The van der Waals surface area contributed by atoms with Gasteiger partial charge in [-0.25, -0.2) is 0 Å². The third kappa shape index (κ3) is 6.98. The van der Waals surface area contributed by atoms with Gasteiger partial charge in [-0.2, -0.15) is 0 Å². The predicted molar refractivity (Wildman–Crippen MR) is 178 cm³/mol. The largest absolute Gasteiger partial charge is 0.352 e. The van der Waals surface area contributed by atoms with E-state index in [0.29, 0.717) is 18.7 Å². The zero-order valence-electron chi connectivity index (χ0n) is 27.0. The summed E-state index contributed by atoms with van der Waals surface area (Å²) in [4.78, 5) is 68.4. The molecule has 2 heterocycles. The molecular formula is C38H41N5O5. The van der Waals surface area contributed by atoms with Crippen molar-refractivity contribution in [2.24, 2.45) is 11.8 Å². The molecule has 0 spiro atoms. The number of rotatable bonds is 10. The number of carbonyl (C=O) groups excluding carboxylic acids is 5. The Bertz CT molecular complexity index is 1620. The molecule has 2 aliphatic heterocycles. The summed E-state index contributed by atoms with van der Waals surface area (Å²) in [6, 6.07) is 27.1. The molecule has 0 aromatic heterocycles. The minimum absolute atomic E-state index is 0.0165. The summed E-state index contributed by atoms with van der Waals surface area (Å²) in [5, 5.41) is 9.16. The van der Waals surface area contributed by atoms with Crippen molar-refractivity contribution >= 4 is 29.5 Å². The summed E-state index contributed by atoms with van der Waals surface area (Å²) in [5.41, 5.74) is 3.70. The normalized spacial score (nSPS) is 27.4. The lowest BCUT2D eigenvalue weighted by Crippen LogP contribution is -2.43. The zero-order valence-corrected chi connectivity index (χ0v) is 27.0. The molecule has 2 aliphatic carbocycles. The number of carbonyl (C=O) groups is 5. The maximum atomic E-state index is 13.7. The van der Waals surface area contributed by atoms with Gasteiger partial charge in [0.25, 0.3) is 5.91 Å². The molecule has 4 fully saturated rings. The lowest BCUT2D eigenvalue weighted by Gasteiger charge is -2.18. The molecule has 5 amide bonds. The van der Waals surface area contributed by atoms with Gasteiger partial charge in [0.2, 0.25) is 23.6 Å². The second-order valence-corrected chi connectivity index (χ2v) is 13.7. The maximum Gasteiger partial charge on any atom is 0.253 e. The van der Waals surface area contributed by atoms with Crippen molar-refractivity contribution < 1.29 is 24.0 Å². The molecule has 3 aromatic rings. The van der Waals surface area contributed by atoms with Crippen molar-refractivity contribution in [2.75, 3.05) is 19.6 Å². The molecule has 0 bridgehead atoms. The number of hydrogen-bond donors (Lipinski definition) is 3. The quantitative estimate of drug-likeness (QED) is 0.312. The van der Waals surface area contributed by atoms with E-state index < -0.39 is 11.8 Å². The molecule has 3 aromatic carbocycles. The number of likely N-dealkylation sites (tertiary alicyclic amines) is 2. The fourth-order valence-electron chi connectivity index (χ4n) is 7.39. The summed E-state index contributed by atoms with van der Waals surface area (Å²) < 4.78 is 0. The zero-order chi connectivity index (χ0) is 33.4. The maximum absolute atomic E-state index is 13.7. The van der Waals surface area contributed by atoms with Crippen LogP contribution in [0.2, 0.25) is 0 Å². The van der Waals surface area contributed by atoms with E-state index in [2.05, 4.69) is 40.2 Å². The van der Waals surface area contributed by atoms with E-state index in [1.807, 2.05) is 48.5 Å². The highest BCUT2D eigenvalue weighted by Gasteiger charge is 2.49. The average Bonchev–Trinajstić information content (AvgIpc) is 3.95. The summed E-state index contributed by atoms with van der Waals surface area (Å²) in [6.45, 7) is 2.59. The minimum Gasteiger partial charge on any atom is -0.352 e.